The third-order valence-electron chi connectivity index (χ3n) is 4.25. The molecule has 0 spiro atoms. The fourth-order valence-corrected chi connectivity index (χ4v) is 3.00. The zero-order valence-electron chi connectivity index (χ0n) is 15.4. The van der Waals surface area contributed by atoms with E-state index in [0.717, 1.165) is 25.9 Å². The summed E-state index contributed by atoms with van der Waals surface area (Å²) < 4.78 is 5.92. The second-order valence-corrected chi connectivity index (χ2v) is 8.07. The zero-order chi connectivity index (χ0) is 17.5. The first kappa shape index (κ1) is 19.9. The summed E-state index contributed by atoms with van der Waals surface area (Å²) >= 11 is 0. The average Bonchev–Trinajstić information content (AvgIpc) is 2.48. The number of hydrogen-bond acceptors (Lipinski definition) is 3. The molecule has 1 aliphatic heterocycles. The minimum atomic E-state index is -0.124. The fraction of sp³-hybridized carbons (Fsp3) is 0.889. The maximum absolute atomic E-state index is 11.9. The van der Waals surface area contributed by atoms with Crippen molar-refractivity contribution in [3.63, 3.8) is 0 Å². The molecule has 5 heteroatoms. The predicted molar refractivity (Wildman–Crippen MR) is 92.0 cm³/mol. The Labute approximate surface area is 140 Å². The Balaban J connectivity index is 2.30. The van der Waals surface area contributed by atoms with Crippen LogP contribution >= 0.6 is 0 Å². The van der Waals surface area contributed by atoms with Gasteiger partial charge < -0.3 is 15.4 Å². The minimum Gasteiger partial charge on any atom is -0.377 e. The molecule has 0 saturated carbocycles. The lowest BCUT2D eigenvalue weighted by Gasteiger charge is -2.40. The summed E-state index contributed by atoms with van der Waals surface area (Å²) in [6, 6.07) is 0. The van der Waals surface area contributed by atoms with Gasteiger partial charge in [-0.25, -0.2) is 0 Å². The Kier molecular flexibility index (Phi) is 8.03. The van der Waals surface area contributed by atoms with Crippen molar-refractivity contribution in [3.05, 3.63) is 0 Å². The molecule has 0 aromatic rings. The van der Waals surface area contributed by atoms with Crippen LogP contribution in [0.4, 0.5) is 0 Å². The largest absolute Gasteiger partial charge is 0.377 e. The van der Waals surface area contributed by atoms with Crippen LogP contribution < -0.4 is 10.6 Å². The van der Waals surface area contributed by atoms with E-state index in [1.165, 1.54) is 0 Å². The predicted octanol–water partition coefficient (Wildman–Crippen LogP) is 2.50. The van der Waals surface area contributed by atoms with Gasteiger partial charge in [-0.05, 0) is 30.6 Å². The highest BCUT2D eigenvalue weighted by Gasteiger charge is 2.35. The summed E-state index contributed by atoms with van der Waals surface area (Å²) in [7, 11) is 0. The molecule has 0 radical (unpaired) electrons. The maximum atomic E-state index is 11.9. The van der Waals surface area contributed by atoms with Gasteiger partial charge in [0, 0.05) is 25.5 Å². The summed E-state index contributed by atoms with van der Waals surface area (Å²) in [5.41, 5.74) is 0.0703. The van der Waals surface area contributed by atoms with Crippen molar-refractivity contribution in [3.8, 4) is 0 Å². The maximum Gasteiger partial charge on any atom is 0.239 e. The molecular formula is C18H34N2O3. The van der Waals surface area contributed by atoms with Crippen molar-refractivity contribution in [2.45, 2.75) is 66.4 Å². The molecule has 2 N–H and O–H groups in total. The summed E-state index contributed by atoms with van der Waals surface area (Å²) in [5, 5.41) is 5.63. The molecule has 0 aliphatic carbocycles. The quantitative estimate of drug-likeness (QED) is 0.755. The Morgan fingerprint density at radius 2 is 1.87 bits per heavy atom. The van der Waals surface area contributed by atoms with E-state index >= 15 is 0 Å². The van der Waals surface area contributed by atoms with E-state index in [9.17, 15) is 9.59 Å². The molecule has 1 rings (SSSR count). The third-order valence-corrected chi connectivity index (χ3v) is 4.25. The number of rotatable bonds is 7. The Bertz CT molecular complexity index is 388. The highest BCUT2D eigenvalue weighted by Crippen LogP contribution is 2.33. The van der Waals surface area contributed by atoms with E-state index in [1.807, 2.05) is 0 Å². The van der Waals surface area contributed by atoms with Gasteiger partial charge in [0.2, 0.25) is 11.8 Å². The zero-order valence-corrected chi connectivity index (χ0v) is 15.4. The number of hydrogen-bond donors (Lipinski definition) is 2. The van der Waals surface area contributed by atoms with Crippen LogP contribution in [-0.2, 0) is 14.3 Å². The van der Waals surface area contributed by atoms with Gasteiger partial charge in [0.15, 0.2) is 0 Å². The SMILES string of the molecule is CC(C)CCC(=O)NCC(=O)NC[C@@H]1CCCO[C@@H]1C(C)(C)C. The molecule has 0 aromatic heterocycles. The first-order chi connectivity index (χ1) is 10.7. The van der Waals surface area contributed by atoms with E-state index in [0.29, 0.717) is 24.8 Å². The van der Waals surface area contributed by atoms with Gasteiger partial charge in [-0.2, -0.15) is 0 Å². The number of carbonyl (C=O) groups excluding carboxylic acids is 2. The average molecular weight is 326 g/mol. The highest BCUT2D eigenvalue weighted by atomic mass is 16.5. The first-order valence-electron chi connectivity index (χ1n) is 8.85. The molecule has 1 heterocycles. The molecule has 1 aliphatic rings. The minimum absolute atomic E-state index is 0.0533. The second-order valence-electron chi connectivity index (χ2n) is 8.07. The van der Waals surface area contributed by atoms with Crippen LogP contribution in [-0.4, -0.2) is 37.6 Å². The molecule has 0 bridgehead atoms. The van der Waals surface area contributed by atoms with Crippen LogP contribution in [0.2, 0.25) is 0 Å². The summed E-state index contributed by atoms with van der Waals surface area (Å²) in [4.78, 5) is 23.5. The van der Waals surface area contributed by atoms with Gasteiger partial charge in [-0.3, -0.25) is 9.59 Å². The monoisotopic (exact) mass is 326 g/mol. The van der Waals surface area contributed by atoms with Crippen LogP contribution in [0, 0.1) is 17.3 Å². The van der Waals surface area contributed by atoms with Gasteiger partial charge >= 0.3 is 0 Å². The van der Waals surface area contributed by atoms with Gasteiger partial charge in [-0.1, -0.05) is 34.6 Å². The second kappa shape index (κ2) is 9.26. The smallest absolute Gasteiger partial charge is 0.239 e. The Morgan fingerprint density at radius 3 is 2.48 bits per heavy atom. The topological polar surface area (TPSA) is 67.4 Å². The fourth-order valence-electron chi connectivity index (χ4n) is 3.00. The number of amides is 2. The Morgan fingerprint density at radius 1 is 1.17 bits per heavy atom. The van der Waals surface area contributed by atoms with E-state index < -0.39 is 0 Å². The number of nitrogens with one attached hydrogen (secondary N) is 2. The molecule has 23 heavy (non-hydrogen) atoms. The van der Waals surface area contributed by atoms with Crippen LogP contribution in [0.1, 0.15) is 60.3 Å². The van der Waals surface area contributed by atoms with Crippen molar-refractivity contribution in [1.29, 1.82) is 0 Å². The molecular weight excluding hydrogens is 292 g/mol. The van der Waals surface area contributed by atoms with E-state index in [2.05, 4.69) is 45.3 Å². The number of ether oxygens (including phenoxy) is 1. The third kappa shape index (κ3) is 7.82. The van der Waals surface area contributed by atoms with E-state index in [1.54, 1.807) is 0 Å². The summed E-state index contributed by atoms with van der Waals surface area (Å²) in [5.74, 6) is 0.656. The van der Waals surface area contributed by atoms with Crippen molar-refractivity contribution in [2.24, 2.45) is 17.3 Å². The van der Waals surface area contributed by atoms with Crippen molar-refractivity contribution in [1.82, 2.24) is 10.6 Å². The van der Waals surface area contributed by atoms with Crippen LogP contribution in [0.5, 0.6) is 0 Å². The first-order valence-corrected chi connectivity index (χ1v) is 8.85. The highest BCUT2D eigenvalue weighted by molar-refractivity contribution is 5.84. The van der Waals surface area contributed by atoms with E-state index in [4.69, 9.17) is 4.74 Å². The van der Waals surface area contributed by atoms with Gasteiger partial charge in [0.1, 0.15) is 0 Å². The van der Waals surface area contributed by atoms with Crippen LogP contribution in [0.3, 0.4) is 0 Å². The molecule has 2 atom stereocenters. The van der Waals surface area contributed by atoms with E-state index in [-0.39, 0.29) is 29.9 Å². The molecule has 0 aromatic carbocycles. The summed E-state index contributed by atoms with van der Waals surface area (Å²) in [6.07, 6.45) is 3.60. The molecule has 1 fully saturated rings. The standard InChI is InChI=1S/C18H34N2O3/c1-13(2)8-9-15(21)20-12-16(22)19-11-14-7-6-10-23-17(14)18(3,4)5/h13-14,17H,6-12H2,1-5H3,(H,19,22)(H,20,21)/t14-,17-/m0/s1. The normalized spacial score (nSPS) is 22.0. The van der Waals surface area contributed by atoms with Gasteiger partial charge in [0.05, 0.1) is 12.6 Å². The lowest BCUT2D eigenvalue weighted by Crippen LogP contribution is -2.46. The Hall–Kier alpha value is -1.10. The molecule has 1 saturated heterocycles. The van der Waals surface area contributed by atoms with Gasteiger partial charge in [0.25, 0.3) is 0 Å². The lowest BCUT2D eigenvalue weighted by atomic mass is 9.78. The van der Waals surface area contributed by atoms with Gasteiger partial charge in [-0.15, -0.1) is 0 Å². The van der Waals surface area contributed by atoms with Crippen LogP contribution in [0.25, 0.3) is 0 Å². The van der Waals surface area contributed by atoms with Crippen molar-refractivity contribution < 1.29 is 14.3 Å². The molecule has 0 unspecified atom stereocenters. The lowest BCUT2D eigenvalue weighted by molar-refractivity contribution is -0.127. The molecule has 134 valence electrons. The van der Waals surface area contributed by atoms with Crippen molar-refractivity contribution in [2.75, 3.05) is 19.7 Å². The van der Waals surface area contributed by atoms with Crippen LogP contribution in [0.15, 0.2) is 0 Å². The number of carbonyl (C=O) groups is 2. The molecule has 5 nitrogen and oxygen atoms in total. The summed E-state index contributed by atoms with van der Waals surface area (Å²) in [6.45, 7) is 12.2. The molecule has 2 amide bonds. The van der Waals surface area contributed by atoms with Crippen molar-refractivity contribution >= 4 is 11.8 Å².